The Labute approximate surface area is 183 Å². The van der Waals surface area contributed by atoms with Crippen molar-refractivity contribution < 1.29 is 14.3 Å². The molecule has 0 radical (unpaired) electrons. The zero-order valence-electron chi connectivity index (χ0n) is 16.8. The van der Waals surface area contributed by atoms with Crippen LogP contribution in [0.25, 0.3) is 5.69 Å². The predicted octanol–water partition coefficient (Wildman–Crippen LogP) is 3.46. The predicted molar refractivity (Wildman–Crippen MR) is 114 cm³/mol. The zero-order valence-corrected chi connectivity index (χ0v) is 17.6. The van der Waals surface area contributed by atoms with Gasteiger partial charge >= 0.3 is 0 Å². The van der Waals surface area contributed by atoms with Gasteiger partial charge in [-0.25, -0.2) is 14.3 Å². The van der Waals surface area contributed by atoms with Crippen LogP contribution in [0.2, 0.25) is 5.02 Å². The van der Waals surface area contributed by atoms with Crippen LogP contribution >= 0.6 is 11.6 Å². The minimum atomic E-state index is -0.345. The number of carbonyl (C=O) groups is 2. The minimum absolute atomic E-state index is 0.201. The summed E-state index contributed by atoms with van der Waals surface area (Å²) in [5.74, 6) is -0.334. The van der Waals surface area contributed by atoms with E-state index in [4.69, 9.17) is 16.3 Å². The smallest absolute Gasteiger partial charge is 0.223 e. The monoisotopic (exact) mass is 435 g/mol. The van der Waals surface area contributed by atoms with E-state index in [1.165, 1.54) is 17.3 Å². The average molecular weight is 436 g/mol. The van der Waals surface area contributed by atoms with Crippen LogP contribution in [0.5, 0.6) is 5.88 Å². The molecule has 0 unspecified atom stereocenters. The summed E-state index contributed by atoms with van der Waals surface area (Å²) >= 11 is 6.41. The molecular weight excluding hydrogens is 418 g/mol. The largest absolute Gasteiger partial charge is 0.469 e. The fourth-order valence-electron chi connectivity index (χ4n) is 3.21. The molecule has 0 saturated heterocycles. The number of benzene rings is 2. The first-order chi connectivity index (χ1) is 15.0. The summed E-state index contributed by atoms with van der Waals surface area (Å²) in [6, 6.07) is 13.8. The van der Waals surface area contributed by atoms with Crippen LogP contribution in [0.15, 0.2) is 61.2 Å². The first kappa shape index (κ1) is 20.5. The molecule has 9 heteroatoms. The van der Waals surface area contributed by atoms with Crippen molar-refractivity contribution in [2.75, 3.05) is 6.61 Å². The molecule has 4 aromatic rings. The summed E-state index contributed by atoms with van der Waals surface area (Å²) in [6.07, 6.45) is 2.94. The van der Waals surface area contributed by atoms with Gasteiger partial charge in [0.05, 0.1) is 16.4 Å². The Bertz CT molecular complexity index is 1250. The van der Waals surface area contributed by atoms with Gasteiger partial charge in [0, 0.05) is 18.2 Å². The lowest BCUT2D eigenvalue weighted by Crippen LogP contribution is -2.15. The molecule has 2 heterocycles. The van der Waals surface area contributed by atoms with Gasteiger partial charge in [-0.2, -0.15) is 10.2 Å². The van der Waals surface area contributed by atoms with Gasteiger partial charge in [-0.05, 0) is 25.1 Å². The number of halogens is 1. The molecule has 4 rings (SSSR count). The van der Waals surface area contributed by atoms with Crippen molar-refractivity contribution in [3.8, 4) is 11.6 Å². The van der Waals surface area contributed by atoms with Crippen molar-refractivity contribution in [2.45, 2.75) is 6.92 Å². The number of ether oxygens (including phenoxy) is 1. The molecule has 0 spiro atoms. The maximum atomic E-state index is 13.3. The maximum Gasteiger partial charge on any atom is 0.223 e. The lowest BCUT2D eigenvalue weighted by molar-refractivity contribution is 0.0908. The molecule has 2 aromatic heterocycles. The second-order valence-electron chi connectivity index (χ2n) is 6.80. The lowest BCUT2D eigenvalue weighted by Gasteiger charge is -2.10. The van der Waals surface area contributed by atoms with E-state index >= 15 is 0 Å². The summed E-state index contributed by atoms with van der Waals surface area (Å²) < 4.78 is 8.72. The number of hydrogen-bond donors (Lipinski definition) is 0. The van der Waals surface area contributed by atoms with Gasteiger partial charge in [0.1, 0.15) is 18.2 Å². The number of ketones is 2. The summed E-state index contributed by atoms with van der Waals surface area (Å²) in [6.45, 7) is 1.49. The highest BCUT2D eigenvalue weighted by molar-refractivity contribution is 6.35. The molecule has 8 nitrogen and oxygen atoms in total. The van der Waals surface area contributed by atoms with Crippen LogP contribution in [0, 0.1) is 6.92 Å². The fourth-order valence-corrected chi connectivity index (χ4v) is 3.47. The van der Waals surface area contributed by atoms with E-state index < -0.39 is 0 Å². The standard InChI is InChI=1S/C22H18ClN5O3/c1-14-20(21(30)17-9-8-16(10-18(17)23)28-13-24-12-25-28)22(27(2)26-14)31-11-19(29)15-6-4-3-5-7-15/h3-10,12-13H,11H2,1-2H3. The summed E-state index contributed by atoms with van der Waals surface area (Å²) in [4.78, 5) is 29.6. The zero-order chi connectivity index (χ0) is 22.0. The molecule has 0 atom stereocenters. The van der Waals surface area contributed by atoms with Crippen LogP contribution in [-0.2, 0) is 7.05 Å². The Morgan fingerprint density at radius 2 is 1.90 bits per heavy atom. The fraction of sp³-hybridized carbons (Fsp3) is 0.136. The maximum absolute atomic E-state index is 13.3. The Balaban J connectivity index is 1.61. The molecule has 0 aliphatic rings. The number of rotatable bonds is 7. The van der Waals surface area contributed by atoms with Crippen LogP contribution in [0.3, 0.4) is 0 Å². The molecule has 31 heavy (non-hydrogen) atoms. The van der Waals surface area contributed by atoms with E-state index in [0.717, 1.165) is 0 Å². The van der Waals surface area contributed by atoms with Gasteiger partial charge < -0.3 is 4.74 Å². The molecule has 0 bridgehead atoms. The molecule has 0 aliphatic carbocycles. The van der Waals surface area contributed by atoms with E-state index in [1.807, 2.05) is 6.07 Å². The van der Waals surface area contributed by atoms with Gasteiger partial charge in [0.25, 0.3) is 0 Å². The third-order valence-corrected chi connectivity index (χ3v) is 5.03. The molecule has 0 fully saturated rings. The minimum Gasteiger partial charge on any atom is -0.469 e. The normalized spacial score (nSPS) is 10.8. The van der Waals surface area contributed by atoms with Gasteiger partial charge in [-0.3, -0.25) is 9.59 Å². The number of hydrogen-bond acceptors (Lipinski definition) is 6. The van der Waals surface area contributed by atoms with E-state index in [0.29, 0.717) is 22.5 Å². The Kier molecular flexibility index (Phi) is 5.64. The summed E-state index contributed by atoms with van der Waals surface area (Å²) in [5, 5.41) is 8.60. The summed E-state index contributed by atoms with van der Waals surface area (Å²) in [7, 11) is 1.65. The van der Waals surface area contributed by atoms with E-state index in [2.05, 4.69) is 15.2 Å². The molecule has 0 N–H and O–H groups in total. The molecule has 156 valence electrons. The average Bonchev–Trinajstić information content (AvgIpc) is 3.40. The Morgan fingerprint density at radius 1 is 1.13 bits per heavy atom. The van der Waals surface area contributed by atoms with Crippen molar-refractivity contribution in [1.82, 2.24) is 24.5 Å². The van der Waals surface area contributed by atoms with Crippen LogP contribution in [0.1, 0.15) is 32.0 Å². The highest BCUT2D eigenvalue weighted by Crippen LogP contribution is 2.29. The molecule has 2 aromatic carbocycles. The topological polar surface area (TPSA) is 91.9 Å². The van der Waals surface area contributed by atoms with Crippen molar-refractivity contribution in [1.29, 1.82) is 0 Å². The van der Waals surface area contributed by atoms with E-state index in [1.54, 1.807) is 61.1 Å². The van der Waals surface area contributed by atoms with Gasteiger partial charge in [-0.15, -0.1) is 0 Å². The lowest BCUT2D eigenvalue weighted by atomic mass is 10.0. The van der Waals surface area contributed by atoms with Crippen LogP contribution in [-0.4, -0.2) is 42.7 Å². The van der Waals surface area contributed by atoms with Crippen molar-refractivity contribution in [2.24, 2.45) is 7.05 Å². The third-order valence-electron chi connectivity index (χ3n) is 4.71. The molecule has 0 aliphatic heterocycles. The molecular formula is C22H18ClN5O3. The van der Waals surface area contributed by atoms with E-state index in [9.17, 15) is 9.59 Å². The Hall–Kier alpha value is -3.78. The summed E-state index contributed by atoms with van der Waals surface area (Å²) in [5.41, 5.74) is 2.23. The number of carbonyl (C=O) groups excluding carboxylic acids is 2. The Morgan fingerprint density at radius 3 is 2.58 bits per heavy atom. The quantitative estimate of drug-likeness (QED) is 0.413. The van der Waals surface area contributed by atoms with Gasteiger partial charge in [0.2, 0.25) is 11.7 Å². The second kappa shape index (κ2) is 8.53. The first-order valence-corrected chi connectivity index (χ1v) is 9.77. The molecule has 0 saturated carbocycles. The number of nitrogens with zero attached hydrogens (tertiary/aromatic N) is 5. The SMILES string of the molecule is Cc1nn(C)c(OCC(=O)c2ccccc2)c1C(=O)c1ccc(-n2cncn2)cc1Cl. The van der Waals surface area contributed by atoms with Crippen molar-refractivity contribution in [3.63, 3.8) is 0 Å². The number of Topliss-reactive ketones (excluding diaryl/α,β-unsaturated/α-hetero) is 1. The van der Waals surface area contributed by atoms with E-state index in [-0.39, 0.29) is 34.6 Å². The highest BCUT2D eigenvalue weighted by atomic mass is 35.5. The van der Waals surface area contributed by atoms with Gasteiger partial charge in [0.15, 0.2) is 12.4 Å². The van der Waals surface area contributed by atoms with Gasteiger partial charge in [-0.1, -0.05) is 41.9 Å². The van der Waals surface area contributed by atoms with Crippen molar-refractivity contribution in [3.05, 3.63) is 88.6 Å². The van der Waals surface area contributed by atoms with Crippen LogP contribution < -0.4 is 4.74 Å². The number of aromatic nitrogens is 5. The highest BCUT2D eigenvalue weighted by Gasteiger charge is 2.25. The first-order valence-electron chi connectivity index (χ1n) is 9.39. The second-order valence-corrected chi connectivity index (χ2v) is 7.21. The number of aryl methyl sites for hydroxylation is 2. The van der Waals surface area contributed by atoms with Crippen LogP contribution in [0.4, 0.5) is 0 Å². The third kappa shape index (κ3) is 4.10. The molecule has 0 amide bonds. The van der Waals surface area contributed by atoms with Crippen molar-refractivity contribution >= 4 is 23.2 Å².